The van der Waals surface area contributed by atoms with Crippen molar-refractivity contribution in [3.63, 3.8) is 0 Å². The van der Waals surface area contributed by atoms with Crippen molar-refractivity contribution in [2.75, 3.05) is 0 Å². The fourth-order valence-corrected chi connectivity index (χ4v) is 4.81. The van der Waals surface area contributed by atoms with Crippen molar-refractivity contribution in [2.45, 2.75) is 13.1 Å². The van der Waals surface area contributed by atoms with Crippen LogP contribution >= 0.6 is 0 Å². The van der Waals surface area contributed by atoms with Gasteiger partial charge in [0.05, 0.1) is 36.4 Å². The Morgan fingerprint density at radius 3 is 1.85 bits per heavy atom. The van der Waals surface area contributed by atoms with Crippen LogP contribution in [0.25, 0.3) is 48.6 Å². The van der Waals surface area contributed by atoms with E-state index in [1.807, 2.05) is 43.3 Å². The molecule has 0 aliphatic heterocycles. The molecule has 7 heteroatoms. The highest BCUT2D eigenvalue weighted by atomic mass is 19.4. The quantitative estimate of drug-likeness (QED) is 0.175. The molecule has 0 heterocycles. The van der Waals surface area contributed by atoms with E-state index in [4.69, 9.17) is 13.1 Å². The normalized spacial score (nSPS) is 12.8. The van der Waals surface area contributed by atoms with Gasteiger partial charge in [-0.3, -0.25) is 0 Å². The van der Waals surface area contributed by atoms with Gasteiger partial charge in [0.25, 0.3) is 5.70 Å². The molecular weight excluding hydrogens is 497 g/mol. The van der Waals surface area contributed by atoms with Crippen LogP contribution in [0.4, 0.5) is 18.9 Å². The molecule has 184 valence electrons. The first-order valence-electron chi connectivity index (χ1n) is 11.6. The molecule has 0 amide bonds. The summed E-state index contributed by atoms with van der Waals surface area (Å²) < 4.78 is 39.4. The van der Waals surface area contributed by atoms with E-state index in [2.05, 4.69) is 15.8 Å². The summed E-state index contributed by atoms with van der Waals surface area (Å²) in [5.41, 5.74) is 5.54. The average molecular weight is 512 g/mol. The third-order valence-electron chi connectivity index (χ3n) is 6.70. The molecule has 0 N–H and O–H groups in total. The number of alkyl halides is 3. The van der Waals surface area contributed by atoms with Gasteiger partial charge in [0.2, 0.25) is 0 Å². The Balaban J connectivity index is 1.82. The van der Waals surface area contributed by atoms with E-state index in [9.17, 15) is 23.7 Å². The zero-order chi connectivity index (χ0) is 27.9. The third kappa shape index (κ3) is 4.19. The van der Waals surface area contributed by atoms with Crippen LogP contribution < -0.4 is 0 Å². The summed E-state index contributed by atoms with van der Waals surface area (Å²) in [5.74, 6) is 0. The van der Waals surface area contributed by atoms with E-state index >= 15 is 0 Å². The maximum atomic E-state index is 13.1. The number of halogens is 3. The molecule has 0 saturated heterocycles. The van der Waals surface area contributed by atoms with Crippen molar-refractivity contribution < 1.29 is 13.2 Å². The molecule has 0 unspecified atom stereocenters. The molecule has 4 aromatic rings. The standard InChI is InChI=1S/C32H15F3N4/c1-18-4-6-20(7-5-18)24-14-26-25-13-23(19-8-10-22(11-9-19)32(33,34)35)21(16-36)12-27(25)31(30(17-37)39-3)28(26)15-29(24)38-2/h4-15H,1H3/b31-30-. The van der Waals surface area contributed by atoms with Crippen molar-refractivity contribution in [3.8, 4) is 45.5 Å². The fourth-order valence-electron chi connectivity index (χ4n) is 4.81. The number of allylic oxidation sites excluding steroid dienone is 1. The van der Waals surface area contributed by atoms with Gasteiger partial charge in [0.1, 0.15) is 0 Å². The zero-order valence-corrected chi connectivity index (χ0v) is 20.4. The monoisotopic (exact) mass is 512 g/mol. The van der Waals surface area contributed by atoms with Gasteiger partial charge in [-0.05, 0) is 76.2 Å². The summed E-state index contributed by atoms with van der Waals surface area (Å²) in [5, 5.41) is 19.7. The molecule has 1 aliphatic carbocycles. The number of nitriles is 2. The van der Waals surface area contributed by atoms with Gasteiger partial charge in [-0.2, -0.15) is 18.4 Å². The molecular formula is C32H15F3N4. The summed E-state index contributed by atoms with van der Waals surface area (Å²) >= 11 is 0. The topological polar surface area (TPSA) is 56.3 Å². The number of aryl methyl sites for hydroxylation is 1. The summed E-state index contributed by atoms with van der Waals surface area (Å²) in [6.45, 7) is 17.3. The SMILES string of the molecule is [C-]#[N+]/C(C#N)=C1/c2cc(C#N)c(-c3ccc(C(F)(F)F)cc3)cc2-c2cc(-c3ccc(C)cc3)c([N+]#[C-])cc21. The lowest BCUT2D eigenvalue weighted by Crippen LogP contribution is -2.04. The van der Waals surface area contributed by atoms with Gasteiger partial charge in [-0.1, -0.05) is 48.0 Å². The van der Waals surface area contributed by atoms with E-state index in [1.54, 1.807) is 18.2 Å². The second kappa shape index (κ2) is 9.35. The molecule has 0 bridgehead atoms. The van der Waals surface area contributed by atoms with Gasteiger partial charge in [0, 0.05) is 11.1 Å². The number of rotatable bonds is 2. The Bertz CT molecular complexity index is 1850. The predicted octanol–water partition coefficient (Wildman–Crippen LogP) is 8.95. The second-order valence-electron chi connectivity index (χ2n) is 8.97. The van der Waals surface area contributed by atoms with Crippen LogP contribution in [-0.4, -0.2) is 0 Å². The molecule has 0 aromatic heterocycles. The Labute approximate surface area is 222 Å². The van der Waals surface area contributed by atoms with Crippen LogP contribution in [0.15, 0.2) is 78.5 Å². The summed E-state index contributed by atoms with van der Waals surface area (Å²) in [6.07, 6.45) is -4.49. The van der Waals surface area contributed by atoms with Crippen molar-refractivity contribution in [1.29, 1.82) is 10.5 Å². The largest absolute Gasteiger partial charge is 0.416 e. The number of fused-ring (bicyclic) bond motifs is 3. The van der Waals surface area contributed by atoms with Crippen molar-refractivity contribution >= 4 is 11.3 Å². The summed E-state index contributed by atoms with van der Waals surface area (Å²) in [7, 11) is 0. The molecule has 0 atom stereocenters. The molecule has 0 saturated carbocycles. The zero-order valence-electron chi connectivity index (χ0n) is 20.4. The van der Waals surface area contributed by atoms with E-state index < -0.39 is 11.7 Å². The van der Waals surface area contributed by atoms with Crippen LogP contribution in [0.3, 0.4) is 0 Å². The Morgan fingerprint density at radius 1 is 0.744 bits per heavy atom. The minimum absolute atomic E-state index is 0.180. The lowest BCUT2D eigenvalue weighted by molar-refractivity contribution is -0.137. The van der Waals surface area contributed by atoms with Gasteiger partial charge >= 0.3 is 6.18 Å². The average Bonchev–Trinajstić information content (AvgIpc) is 3.24. The highest BCUT2D eigenvalue weighted by molar-refractivity contribution is 6.07. The lowest BCUT2D eigenvalue weighted by atomic mass is 9.92. The number of nitrogens with zero attached hydrogens (tertiary/aromatic N) is 4. The third-order valence-corrected chi connectivity index (χ3v) is 6.70. The Morgan fingerprint density at radius 2 is 1.31 bits per heavy atom. The molecule has 4 aromatic carbocycles. The highest BCUT2D eigenvalue weighted by Gasteiger charge is 2.32. The van der Waals surface area contributed by atoms with Crippen LogP contribution in [0, 0.1) is 42.7 Å². The predicted molar refractivity (Wildman–Crippen MR) is 142 cm³/mol. The van der Waals surface area contributed by atoms with Crippen molar-refractivity contribution in [1.82, 2.24) is 0 Å². The van der Waals surface area contributed by atoms with Gasteiger partial charge < -0.3 is 0 Å². The van der Waals surface area contributed by atoms with Gasteiger partial charge in [-0.25, -0.2) is 15.0 Å². The first kappa shape index (κ1) is 25.0. The van der Waals surface area contributed by atoms with E-state index in [0.29, 0.717) is 50.2 Å². The minimum atomic E-state index is -4.49. The van der Waals surface area contributed by atoms with Crippen LogP contribution in [0.5, 0.6) is 0 Å². The maximum Gasteiger partial charge on any atom is 0.416 e. The Kier molecular flexibility index (Phi) is 6.00. The van der Waals surface area contributed by atoms with Gasteiger partial charge in [0.15, 0.2) is 5.69 Å². The molecule has 0 radical (unpaired) electrons. The number of benzene rings is 4. The molecule has 0 fully saturated rings. The summed E-state index contributed by atoms with van der Waals surface area (Å²) in [6, 6.07) is 23.0. The first-order valence-corrected chi connectivity index (χ1v) is 11.6. The lowest BCUT2D eigenvalue weighted by Gasteiger charge is -2.12. The smallest absolute Gasteiger partial charge is 0.237 e. The van der Waals surface area contributed by atoms with E-state index in [1.165, 1.54) is 12.1 Å². The fraction of sp³-hybridized carbons (Fsp3) is 0.0625. The van der Waals surface area contributed by atoms with Crippen molar-refractivity contribution in [2.24, 2.45) is 0 Å². The molecule has 1 aliphatic rings. The highest BCUT2D eigenvalue weighted by Crippen LogP contribution is 2.51. The molecule has 39 heavy (non-hydrogen) atoms. The maximum absolute atomic E-state index is 13.1. The second-order valence-corrected chi connectivity index (χ2v) is 8.97. The van der Waals surface area contributed by atoms with Crippen LogP contribution in [0.1, 0.15) is 27.8 Å². The van der Waals surface area contributed by atoms with Crippen LogP contribution in [0.2, 0.25) is 0 Å². The molecule has 5 rings (SSSR count). The van der Waals surface area contributed by atoms with E-state index in [0.717, 1.165) is 23.3 Å². The van der Waals surface area contributed by atoms with Gasteiger partial charge in [-0.15, -0.1) is 0 Å². The van der Waals surface area contributed by atoms with Crippen LogP contribution in [-0.2, 0) is 6.18 Å². The number of hydrogen-bond acceptors (Lipinski definition) is 2. The van der Waals surface area contributed by atoms with Crippen molar-refractivity contribution in [3.05, 3.63) is 129 Å². The Hall–Kier alpha value is -5.63. The summed E-state index contributed by atoms with van der Waals surface area (Å²) in [4.78, 5) is 7.11. The van der Waals surface area contributed by atoms with E-state index in [-0.39, 0.29) is 11.3 Å². The molecule has 4 nitrogen and oxygen atoms in total. The molecule has 0 spiro atoms. The number of hydrogen-bond donors (Lipinski definition) is 0. The minimum Gasteiger partial charge on any atom is -0.237 e. The first-order chi connectivity index (χ1) is 18.7.